The number of rotatable bonds is 5. The first kappa shape index (κ1) is 17.2. The van der Waals surface area contributed by atoms with E-state index in [1.54, 1.807) is 0 Å². The van der Waals surface area contributed by atoms with Crippen LogP contribution in [0.25, 0.3) is 0 Å². The van der Waals surface area contributed by atoms with E-state index in [4.69, 9.17) is 4.74 Å². The van der Waals surface area contributed by atoms with Crippen LogP contribution in [-0.4, -0.2) is 49.3 Å². The third kappa shape index (κ3) is 4.94. The van der Waals surface area contributed by atoms with Crippen molar-refractivity contribution in [2.24, 2.45) is 11.3 Å². The Morgan fingerprint density at radius 2 is 2.05 bits per heavy atom. The minimum absolute atomic E-state index is 0.00265. The maximum atomic E-state index is 6.07. The van der Waals surface area contributed by atoms with E-state index < -0.39 is 0 Å². The lowest BCUT2D eigenvalue weighted by Gasteiger charge is -2.48. The lowest BCUT2D eigenvalue weighted by atomic mass is 9.69. The summed E-state index contributed by atoms with van der Waals surface area (Å²) in [6, 6.07) is 0. The Morgan fingerprint density at radius 1 is 1.29 bits per heavy atom. The Labute approximate surface area is 131 Å². The van der Waals surface area contributed by atoms with E-state index in [-0.39, 0.29) is 5.60 Å². The molecule has 1 saturated carbocycles. The monoisotopic (exact) mass is 296 g/mol. The van der Waals surface area contributed by atoms with E-state index in [1.165, 1.54) is 38.8 Å². The lowest BCUT2D eigenvalue weighted by molar-refractivity contribution is -0.137. The molecular weight excluding hydrogens is 260 g/mol. The van der Waals surface area contributed by atoms with Crippen molar-refractivity contribution in [3.05, 3.63) is 0 Å². The molecular formula is C18H36N2O. The van der Waals surface area contributed by atoms with E-state index in [2.05, 4.69) is 44.8 Å². The summed E-state index contributed by atoms with van der Waals surface area (Å²) in [6.45, 7) is 17.0. The summed E-state index contributed by atoms with van der Waals surface area (Å²) >= 11 is 0. The van der Waals surface area contributed by atoms with Gasteiger partial charge in [-0.25, -0.2) is 0 Å². The van der Waals surface area contributed by atoms with E-state index >= 15 is 0 Å². The minimum Gasteiger partial charge on any atom is -0.370 e. The van der Waals surface area contributed by atoms with Crippen molar-refractivity contribution in [3.63, 3.8) is 0 Å². The van der Waals surface area contributed by atoms with Gasteiger partial charge in [0.05, 0.1) is 11.7 Å². The van der Waals surface area contributed by atoms with E-state index in [0.717, 1.165) is 25.6 Å². The van der Waals surface area contributed by atoms with Crippen LogP contribution in [-0.2, 0) is 4.74 Å². The highest BCUT2D eigenvalue weighted by Crippen LogP contribution is 2.40. The molecule has 1 heterocycles. The van der Waals surface area contributed by atoms with Crippen molar-refractivity contribution >= 4 is 0 Å². The molecule has 1 aliphatic heterocycles. The van der Waals surface area contributed by atoms with Crippen molar-refractivity contribution in [3.8, 4) is 0 Å². The first-order valence-corrected chi connectivity index (χ1v) is 8.95. The molecule has 0 bridgehead atoms. The average Bonchev–Trinajstić information content (AvgIpc) is 2.33. The molecule has 21 heavy (non-hydrogen) atoms. The lowest BCUT2D eigenvalue weighted by Crippen LogP contribution is -2.56. The van der Waals surface area contributed by atoms with Crippen molar-refractivity contribution in [2.75, 3.05) is 32.7 Å². The third-order valence-corrected chi connectivity index (χ3v) is 5.13. The van der Waals surface area contributed by atoms with Crippen molar-refractivity contribution in [2.45, 2.75) is 72.0 Å². The van der Waals surface area contributed by atoms with Gasteiger partial charge in [0.1, 0.15) is 0 Å². The summed E-state index contributed by atoms with van der Waals surface area (Å²) in [5.41, 5.74) is 0.470. The first-order chi connectivity index (χ1) is 9.84. The Kier molecular flexibility index (Phi) is 5.72. The molecule has 2 rings (SSSR count). The number of hydrogen-bond acceptors (Lipinski definition) is 3. The van der Waals surface area contributed by atoms with E-state index in [9.17, 15) is 0 Å². The standard InChI is InChI=1S/C18H36N2O/c1-6-19-12-18(9-7-8-15(2)10-18)14-20-11-16(3)21-17(4,5)13-20/h15-16,19H,6-14H2,1-5H3. The zero-order valence-corrected chi connectivity index (χ0v) is 14.9. The van der Waals surface area contributed by atoms with Crippen LogP contribution in [0.15, 0.2) is 0 Å². The normalized spacial score (nSPS) is 37.6. The Hall–Kier alpha value is -0.120. The van der Waals surface area contributed by atoms with Crippen LogP contribution in [0.5, 0.6) is 0 Å². The zero-order valence-electron chi connectivity index (χ0n) is 14.9. The largest absolute Gasteiger partial charge is 0.370 e. The predicted molar refractivity (Wildman–Crippen MR) is 89.7 cm³/mol. The highest BCUT2D eigenvalue weighted by atomic mass is 16.5. The van der Waals surface area contributed by atoms with Crippen LogP contribution in [0, 0.1) is 11.3 Å². The van der Waals surface area contributed by atoms with Crippen LogP contribution >= 0.6 is 0 Å². The van der Waals surface area contributed by atoms with Gasteiger partial charge in [0, 0.05) is 26.2 Å². The van der Waals surface area contributed by atoms with Gasteiger partial charge >= 0.3 is 0 Å². The molecule has 1 N–H and O–H groups in total. The fraction of sp³-hybridized carbons (Fsp3) is 1.00. The van der Waals surface area contributed by atoms with Crippen molar-refractivity contribution in [1.29, 1.82) is 0 Å². The van der Waals surface area contributed by atoms with Crippen LogP contribution < -0.4 is 5.32 Å². The van der Waals surface area contributed by atoms with Crippen LogP contribution in [0.1, 0.15) is 60.3 Å². The molecule has 1 aliphatic carbocycles. The Bertz CT molecular complexity index is 331. The Balaban J connectivity index is 2.03. The van der Waals surface area contributed by atoms with Gasteiger partial charge in [0.15, 0.2) is 0 Å². The second-order valence-corrected chi connectivity index (χ2v) is 8.34. The third-order valence-electron chi connectivity index (χ3n) is 5.13. The van der Waals surface area contributed by atoms with Crippen LogP contribution in [0.4, 0.5) is 0 Å². The highest BCUT2D eigenvalue weighted by Gasteiger charge is 2.39. The van der Waals surface area contributed by atoms with Gasteiger partial charge < -0.3 is 10.1 Å². The number of hydrogen-bond donors (Lipinski definition) is 1. The van der Waals surface area contributed by atoms with Crippen LogP contribution in [0.3, 0.4) is 0 Å². The summed E-state index contributed by atoms with van der Waals surface area (Å²) < 4.78 is 6.07. The Morgan fingerprint density at radius 3 is 2.67 bits per heavy atom. The van der Waals surface area contributed by atoms with Gasteiger partial charge in [-0.2, -0.15) is 0 Å². The van der Waals surface area contributed by atoms with E-state index in [0.29, 0.717) is 11.5 Å². The topological polar surface area (TPSA) is 24.5 Å². The van der Waals surface area contributed by atoms with Gasteiger partial charge in [-0.1, -0.05) is 26.7 Å². The van der Waals surface area contributed by atoms with Crippen molar-refractivity contribution < 1.29 is 4.74 Å². The molecule has 0 amide bonds. The van der Waals surface area contributed by atoms with Gasteiger partial charge in [0.2, 0.25) is 0 Å². The highest BCUT2D eigenvalue weighted by molar-refractivity contribution is 4.93. The summed E-state index contributed by atoms with van der Waals surface area (Å²) in [4.78, 5) is 2.67. The molecule has 0 spiro atoms. The molecule has 0 aromatic carbocycles. The summed E-state index contributed by atoms with van der Waals surface area (Å²) in [5.74, 6) is 0.879. The smallest absolute Gasteiger partial charge is 0.0757 e. The summed E-state index contributed by atoms with van der Waals surface area (Å²) in [7, 11) is 0. The molecule has 2 fully saturated rings. The molecule has 124 valence electrons. The van der Waals surface area contributed by atoms with Gasteiger partial charge in [0.25, 0.3) is 0 Å². The molecule has 2 aliphatic rings. The molecule has 0 aromatic rings. The van der Waals surface area contributed by atoms with Crippen LogP contribution in [0.2, 0.25) is 0 Å². The second kappa shape index (κ2) is 6.97. The van der Waals surface area contributed by atoms with Gasteiger partial charge in [-0.3, -0.25) is 4.90 Å². The SMILES string of the molecule is CCNCC1(CN2CC(C)OC(C)(C)C2)CCCC(C)C1. The molecule has 0 radical (unpaired) electrons. The van der Waals surface area contributed by atoms with Gasteiger partial charge in [-0.05, 0) is 51.5 Å². The summed E-state index contributed by atoms with van der Waals surface area (Å²) in [6.07, 6.45) is 5.93. The number of morpholine rings is 1. The van der Waals surface area contributed by atoms with Gasteiger partial charge in [-0.15, -0.1) is 0 Å². The molecule has 1 saturated heterocycles. The maximum Gasteiger partial charge on any atom is 0.0757 e. The first-order valence-electron chi connectivity index (χ1n) is 8.95. The number of nitrogens with zero attached hydrogens (tertiary/aromatic N) is 1. The number of nitrogens with one attached hydrogen (secondary N) is 1. The number of ether oxygens (including phenoxy) is 1. The zero-order chi connectivity index (χ0) is 15.5. The fourth-order valence-electron chi connectivity index (χ4n) is 4.70. The predicted octanol–water partition coefficient (Wildman–Crippen LogP) is 3.29. The molecule has 3 unspecified atom stereocenters. The maximum absolute atomic E-state index is 6.07. The second-order valence-electron chi connectivity index (χ2n) is 8.34. The molecule has 3 nitrogen and oxygen atoms in total. The summed E-state index contributed by atoms with van der Waals surface area (Å²) in [5, 5.41) is 3.64. The molecule has 3 heteroatoms. The van der Waals surface area contributed by atoms with Crippen molar-refractivity contribution in [1.82, 2.24) is 10.2 Å². The molecule has 0 aromatic heterocycles. The molecule has 3 atom stereocenters. The van der Waals surface area contributed by atoms with E-state index in [1.807, 2.05) is 0 Å². The average molecular weight is 296 g/mol. The quantitative estimate of drug-likeness (QED) is 0.842. The fourth-order valence-corrected chi connectivity index (χ4v) is 4.70. The minimum atomic E-state index is -0.00265.